The van der Waals surface area contributed by atoms with Crippen LogP contribution >= 0.6 is 0 Å². The van der Waals surface area contributed by atoms with Gasteiger partial charge in [0.05, 0.1) is 13.2 Å². The number of aliphatic hydroxyl groups excluding tert-OH is 1. The first-order valence-corrected chi connectivity index (χ1v) is 6.45. The highest BCUT2D eigenvalue weighted by atomic mass is 19.1. The van der Waals surface area contributed by atoms with Crippen molar-refractivity contribution in [1.82, 2.24) is 0 Å². The van der Waals surface area contributed by atoms with Gasteiger partial charge in [0.15, 0.2) is 0 Å². The van der Waals surface area contributed by atoms with Crippen molar-refractivity contribution in [1.29, 1.82) is 0 Å². The molecule has 0 aliphatic heterocycles. The van der Waals surface area contributed by atoms with Gasteiger partial charge >= 0.3 is 0 Å². The van der Waals surface area contributed by atoms with Crippen LogP contribution in [0.25, 0.3) is 0 Å². The van der Waals surface area contributed by atoms with Gasteiger partial charge in [-0.1, -0.05) is 30.0 Å². The van der Waals surface area contributed by atoms with Crippen molar-refractivity contribution >= 4 is 5.69 Å². The lowest BCUT2D eigenvalue weighted by atomic mass is 10.2. The molecule has 0 unspecified atom stereocenters. The molecule has 2 aromatic carbocycles. The summed E-state index contributed by atoms with van der Waals surface area (Å²) >= 11 is 0. The van der Waals surface area contributed by atoms with E-state index in [4.69, 9.17) is 5.11 Å². The van der Waals surface area contributed by atoms with E-state index in [-0.39, 0.29) is 12.4 Å². The Morgan fingerprint density at radius 1 is 1.00 bits per heavy atom. The second kappa shape index (κ2) is 7.32. The first-order chi connectivity index (χ1) is 9.79. The second-order valence-electron chi connectivity index (χ2n) is 4.29. The summed E-state index contributed by atoms with van der Waals surface area (Å²) < 4.78 is 12.8. The number of halogens is 1. The normalized spacial score (nSPS) is 9.70. The highest BCUT2D eigenvalue weighted by Crippen LogP contribution is 2.11. The molecule has 3 heteroatoms. The molecule has 0 spiro atoms. The lowest BCUT2D eigenvalue weighted by Gasteiger charge is -2.20. The van der Waals surface area contributed by atoms with E-state index in [0.717, 1.165) is 11.3 Å². The third-order valence-corrected chi connectivity index (χ3v) is 2.84. The molecule has 0 bridgehead atoms. The Labute approximate surface area is 118 Å². The highest BCUT2D eigenvalue weighted by molar-refractivity contribution is 5.48. The second-order valence-corrected chi connectivity index (χ2v) is 4.29. The van der Waals surface area contributed by atoms with E-state index in [9.17, 15) is 4.39 Å². The molecule has 20 heavy (non-hydrogen) atoms. The predicted molar refractivity (Wildman–Crippen MR) is 79.0 cm³/mol. The number of anilines is 1. The minimum Gasteiger partial charge on any atom is -0.395 e. The molecule has 0 aliphatic carbocycles. The van der Waals surface area contributed by atoms with Crippen molar-refractivity contribution in [2.24, 2.45) is 0 Å². The van der Waals surface area contributed by atoms with Crippen molar-refractivity contribution < 1.29 is 9.50 Å². The summed E-state index contributed by atoms with van der Waals surface area (Å²) in [6, 6.07) is 15.9. The van der Waals surface area contributed by atoms with Gasteiger partial charge in [-0.05, 0) is 36.4 Å². The van der Waals surface area contributed by atoms with Gasteiger partial charge < -0.3 is 10.0 Å². The zero-order chi connectivity index (χ0) is 14.2. The summed E-state index contributed by atoms with van der Waals surface area (Å²) in [6.45, 7) is 1.12. The fourth-order valence-electron chi connectivity index (χ4n) is 1.83. The number of hydrogen-bond acceptors (Lipinski definition) is 2. The smallest absolute Gasteiger partial charge is 0.123 e. The maximum absolute atomic E-state index is 12.8. The molecule has 1 N–H and O–H groups in total. The summed E-state index contributed by atoms with van der Waals surface area (Å²) in [6.07, 6.45) is 0. The van der Waals surface area contributed by atoms with E-state index >= 15 is 0 Å². The van der Waals surface area contributed by atoms with Gasteiger partial charge in [-0.2, -0.15) is 0 Å². The van der Waals surface area contributed by atoms with Crippen LogP contribution in [0.4, 0.5) is 10.1 Å². The van der Waals surface area contributed by atoms with Crippen molar-refractivity contribution in [3.63, 3.8) is 0 Å². The van der Waals surface area contributed by atoms with E-state index in [1.165, 1.54) is 12.1 Å². The quantitative estimate of drug-likeness (QED) is 0.863. The predicted octanol–water partition coefficient (Wildman–Crippen LogP) is 2.68. The Bertz CT molecular complexity index is 584. The Morgan fingerprint density at radius 2 is 1.70 bits per heavy atom. The summed E-state index contributed by atoms with van der Waals surface area (Å²) in [5.41, 5.74) is 1.80. The largest absolute Gasteiger partial charge is 0.395 e. The molecule has 0 heterocycles. The molecule has 102 valence electrons. The monoisotopic (exact) mass is 269 g/mol. The van der Waals surface area contributed by atoms with Crippen LogP contribution in [0, 0.1) is 17.7 Å². The Kier molecular flexibility index (Phi) is 5.16. The first kappa shape index (κ1) is 14.1. The molecular weight excluding hydrogens is 253 g/mol. The number of nitrogens with zero attached hydrogens (tertiary/aromatic N) is 1. The van der Waals surface area contributed by atoms with Gasteiger partial charge in [0, 0.05) is 17.8 Å². The van der Waals surface area contributed by atoms with Crippen LogP contribution in [0.2, 0.25) is 0 Å². The Balaban J connectivity index is 2.05. The molecule has 2 nitrogen and oxygen atoms in total. The average molecular weight is 269 g/mol. The van der Waals surface area contributed by atoms with Crippen LogP contribution in [0.3, 0.4) is 0 Å². The van der Waals surface area contributed by atoms with Crippen LogP contribution in [0.1, 0.15) is 5.56 Å². The first-order valence-electron chi connectivity index (χ1n) is 6.45. The number of hydrogen-bond donors (Lipinski definition) is 1. The van der Waals surface area contributed by atoms with E-state index in [1.54, 1.807) is 12.1 Å². The number of benzene rings is 2. The lowest BCUT2D eigenvalue weighted by molar-refractivity contribution is 0.303. The van der Waals surface area contributed by atoms with Gasteiger partial charge in [0.25, 0.3) is 0 Å². The lowest BCUT2D eigenvalue weighted by Crippen LogP contribution is -2.26. The van der Waals surface area contributed by atoms with Gasteiger partial charge in [-0.3, -0.25) is 0 Å². The van der Waals surface area contributed by atoms with E-state index in [1.807, 2.05) is 35.2 Å². The van der Waals surface area contributed by atoms with E-state index in [2.05, 4.69) is 11.8 Å². The molecule has 0 aliphatic rings. The molecular formula is C17H16FNO. The van der Waals surface area contributed by atoms with Crippen LogP contribution < -0.4 is 4.90 Å². The maximum Gasteiger partial charge on any atom is 0.123 e. The molecule has 2 rings (SSSR count). The van der Waals surface area contributed by atoms with Crippen molar-refractivity contribution in [2.45, 2.75) is 0 Å². The van der Waals surface area contributed by atoms with E-state index < -0.39 is 0 Å². The molecule has 0 radical (unpaired) electrons. The fourth-order valence-corrected chi connectivity index (χ4v) is 1.83. The van der Waals surface area contributed by atoms with Crippen LogP contribution in [-0.2, 0) is 0 Å². The molecule has 0 amide bonds. The van der Waals surface area contributed by atoms with Gasteiger partial charge in [-0.15, -0.1) is 0 Å². The summed E-state index contributed by atoms with van der Waals surface area (Å²) in [5, 5.41) is 9.11. The van der Waals surface area contributed by atoms with Crippen LogP contribution in [-0.4, -0.2) is 24.8 Å². The molecule has 2 aromatic rings. The fraction of sp³-hybridized carbons (Fsp3) is 0.176. The molecule has 0 atom stereocenters. The third-order valence-electron chi connectivity index (χ3n) is 2.84. The molecule has 0 saturated carbocycles. The maximum atomic E-state index is 12.8. The zero-order valence-electron chi connectivity index (χ0n) is 11.1. The summed E-state index contributed by atoms with van der Waals surface area (Å²) in [5.74, 6) is 5.78. The van der Waals surface area contributed by atoms with Crippen molar-refractivity contribution in [3.8, 4) is 11.8 Å². The summed E-state index contributed by atoms with van der Waals surface area (Å²) in [7, 11) is 0. The zero-order valence-corrected chi connectivity index (χ0v) is 11.1. The number of aliphatic hydroxyl groups is 1. The van der Waals surface area contributed by atoms with Gasteiger partial charge in [0.2, 0.25) is 0 Å². The molecule has 0 aromatic heterocycles. The third kappa shape index (κ3) is 4.11. The number of para-hydroxylation sites is 1. The topological polar surface area (TPSA) is 23.5 Å². The summed E-state index contributed by atoms with van der Waals surface area (Å²) in [4.78, 5) is 2.00. The van der Waals surface area contributed by atoms with Crippen molar-refractivity contribution in [3.05, 3.63) is 66.0 Å². The van der Waals surface area contributed by atoms with Crippen LogP contribution in [0.15, 0.2) is 54.6 Å². The molecule has 0 saturated heterocycles. The highest BCUT2D eigenvalue weighted by Gasteiger charge is 2.02. The standard InChI is InChI=1S/C17H16FNO/c18-16-10-8-15(9-11-16)5-4-12-19(13-14-20)17-6-2-1-3-7-17/h1-3,6-11,20H,12-14H2. The Morgan fingerprint density at radius 3 is 2.35 bits per heavy atom. The SMILES string of the molecule is OCCN(CC#Cc1ccc(F)cc1)c1ccccc1. The van der Waals surface area contributed by atoms with Crippen molar-refractivity contribution in [2.75, 3.05) is 24.6 Å². The van der Waals surface area contributed by atoms with Crippen LogP contribution in [0.5, 0.6) is 0 Å². The average Bonchev–Trinajstić information content (AvgIpc) is 2.49. The van der Waals surface area contributed by atoms with Gasteiger partial charge in [-0.25, -0.2) is 4.39 Å². The van der Waals surface area contributed by atoms with E-state index in [0.29, 0.717) is 13.1 Å². The minimum absolute atomic E-state index is 0.0765. The number of rotatable bonds is 4. The van der Waals surface area contributed by atoms with Gasteiger partial charge in [0.1, 0.15) is 5.82 Å². The minimum atomic E-state index is -0.262. The molecule has 0 fully saturated rings. The Hall–Kier alpha value is -2.31.